The van der Waals surface area contributed by atoms with Gasteiger partial charge in [0.2, 0.25) is 10.6 Å². The Morgan fingerprint density at radius 3 is 2.71 bits per heavy atom. The van der Waals surface area contributed by atoms with Crippen molar-refractivity contribution in [2.45, 2.75) is 13.3 Å². The SMILES string of the molecule is CC(=O)CC(=O)Nc1nc2ccccc2[s+]1C. The summed E-state index contributed by atoms with van der Waals surface area (Å²) < 4.78 is 1.13. The van der Waals surface area contributed by atoms with Gasteiger partial charge in [-0.3, -0.25) is 14.9 Å². The molecule has 1 aromatic heterocycles. The zero-order valence-corrected chi connectivity index (χ0v) is 10.5. The monoisotopic (exact) mass is 249 g/mol. The Kier molecular flexibility index (Phi) is 3.19. The summed E-state index contributed by atoms with van der Waals surface area (Å²) in [6, 6.07) is 7.80. The molecule has 0 saturated heterocycles. The van der Waals surface area contributed by atoms with Gasteiger partial charge in [-0.05, 0) is 13.0 Å². The van der Waals surface area contributed by atoms with Crippen molar-refractivity contribution in [3.05, 3.63) is 24.3 Å². The molecule has 0 fully saturated rings. The number of nitrogens with one attached hydrogen (secondary N) is 1. The highest BCUT2D eigenvalue weighted by atomic mass is 32.2. The van der Waals surface area contributed by atoms with Crippen molar-refractivity contribution in [3.8, 4) is 0 Å². The lowest BCUT2D eigenvalue weighted by Gasteiger charge is -1.95. The number of amides is 1. The number of para-hydroxylation sites is 1. The summed E-state index contributed by atoms with van der Waals surface area (Å²) in [4.78, 5) is 26.7. The fourth-order valence-electron chi connectivity index (χ4n) is 1.58. The van der Waals surface area contributed by atoms with E-state index in [1.165, 1.54) is 6.92 Å². The lowest BCUT2D eigenvalue weighted by Crippen LogP contribution is -2.14. The van der Waals surface area contributed by atoms with Gasteiger partial charge in [0.1, 0.15) is 17.6 Å². The quantitative estimate of drug-likeness (QED) is 0.671. The Balaban J connectivity index is 2.27. The zero-order chi connectivity index (χ0) is 12.4. The van der Waals surface area contributed by atoms with Gasteiger partial charge in [-0.2, -0.15) is 4.98 Å². The number of nitrogens with zero attached hydrogens (tertiary/aromatic N) is 1. The highest BCUT2D eigenvalue weighted by Crippen LogP contribution is 2.35. The number of carbonyl (C=O) groups excluding carboxylic acids is 2. The first-order valence-corrected chi connectivity index (χ1v) is 6.84. The molecule has 1 atom stereocenters. The van der Waals surface area contributed by atoms with Crippen LogP contribution in [0.25, 0.3) is 10.2 Å². The van der Waals surface area contributed by atoms with Crippen molar-refractivity contribution >= 4 is 37.5 Å². The summed E-state index contributed by atoms with van der Waals surface area (Å²) in [6.45, 7) is 1.40. The molecule has 2 rings (SSSR count). The number of rotatable bonds is 3. The molecule has 4 nitrogen and oxygen atoms in total. The molecule has 1 aromatic carbocycles. The minimum absolute atomic E-state index is 0.0907. The summed E-state index contributed by atoms with van der Waals surface area (Å²) in [7, 11) is -0.214. The van der Waals surface area contributed by atoms with Gasteiger partial charge in [0, 0.05) is 16.5 Å². The van der Waals surface area contributed by atoms with Gasteiger partial charge in [-0.1, -0.05) is 12.1 Å². The van der Waals surface area contributed by atoms with Crippen LogP contribution >= 0.6 is 10.5 Å². The highest BCUT2D eigenvalue weighted by Gasteiger charge is 2.20. The number of carbonyl (C=O) groups is 2. The lowest BCUT2D eigenvalue weighted by molar-refractivity contribution is -0.124. The third-order valence-electron chi connectivity index (χ3n) is 2.36. The van der Waals surface area contributed by atoms with E-state index in [1.807, 2.05) is 30.5 Å². The molecule has 0 aliphatic rings. The van der Waals surface area contributed by atoms with Crippen molar-refractivity contribution in [2.24, 2.45) is 6.26 Å². The number of hydrogen-bond acceptors (Lipinski definition) is 3. The van der Waals surface area contributed by atoms with Crippen LogP contribution in [-0.4, -0.2) is 16.7 Å². The molecule has 0 spiro atoms. The van der Waals surface area contributed by atoms with Crippen LogP contribution in [0.4, 0.5) is 5.13 Å². The Morgan fingerprint density at radius 1 is 1.35 bits per heavy atom. The van der Waals surface area contributed by atoms with Crippen molar-refractivity contribution in [3.63, 3.8) is 0 Å². The minimum Gasteiger partial charge on any atom is -0.299 e. The number of aryl methyl sites for hydroxylation is 1. The van der Waals surface area contributed by atoms with Crippen LogP contribution in [-0.2, 0) is 15.8 Å². The van der Waals surface area contributed by atoms with Crippen LogP contribution in [0.15, 0.2) is 24.3 Å². The summed E-state index contributed by atoms with van der Waals surface area (Å²) in [6.07, 6.45) is 1.92. The van der Waals surface area contributed by atoms with Gasteiger partial charge in [-0.15, -0.1) is 0 Å². The molecule has 0 radical (unpaired) electrons. The van der Waals surface area contributed by atoms with E-state index in [1.54, 1.807) is 0 Å². The summed E-state index contributed by atoms with van der Waals surface area (Å²) in [5.41, 5.74) is 0.899. The molecule has 5 heteroatoms. The predicted molar refractivity (Wildman–Crippen MR) is 69.1 cm³/mol. The number of benzene rings is 1. The van der Waals surface area contributed by atoms with Gasteiger partial charge in [0.15, 0.2) is 0 Å². The second-order valence-electron chi connectivity index (χ2n) is 3.82. The van der Waals surface area contributed by atoms with E-state index in [-0.39, 0.29) is 28.6 Å². The number of aromatic nitrogens is 1. The van der Waals surface area contributed by atoms with Crippen LogP contribution in [0, 0.1) is 0 Å². The number of hydrogen-bond donors (Lipinski definition) is 1. The topological polar surface area (TPSA) is 59.1 Å². The number of Topliss-reactive ketones (excluding diaryl/α,β-unsaturated/α-hetero) is 1. The number of thiazole rings is 1. The predicted octanol–water partition coefficient (Wildman–Crippen LogP) is 2.44. The zero-order valence-electron chi connectivity index (χ0n) is 9.69. The maximum atomic E-state index is 11.5. The molecule has 88 valence electrons. The maximum Gasteiger partial charge on any atom is 0.347 e. The average molecular weight is 249 g/mol. The minimum atomic E-state index is -0.289. The molecular weight excluding hydrogens is 236 g/mol. The molecule has 2 aromatic rings. The third-order valence-corrected chi connectivity index (χ3v) is 4.14. The molecule has 0 aliphatic carbocycles. The second-order valence-corrected chi connectivity index (χ2v) is 5.67. The van der Waals surface area contributed by atoms with Crippen molar-refractivity contribution < 1.29 is 9.59 Å². The van der Waals surface area contributed by atoms with Crippen molar-refractivity contribution in [1.29, 1.82) is 0 Å². The fraction of sp³-hybridized carbons (Fsp3) is 0.250. The van der Waals surface area contributed by atoms with Gasteiger partial charge < -0.3 is 0 Å². The number of fused-ring (bicyclic) bond motifs is 1. The van der Waals surface area contributed by atoms with Crippen LogP contribution in [0.1, 0.15) is 13.3 Å². The summed E-state index contributed by atoms with van der Waals surface area (Å²) >= 11 is 0. The second kappa shape index (κ2) is 4.63. The normalized spacial score (nSPS) is 11.5. The lowest BCUT2D eigenvalue weighted by atomic mass is 10.3. The van der Waals surface area contributed by atoms with E-state index in [0.29, 0.717) is 5.13 Å². The van der Waals surface area contributed by atoms with Gasteiger partial charge >= 0.3 is 5.13 Å². The summed E-state index contributed by atoms with van der Waals surface area (Å²) in [5.74, 6) is -0.432. The molecule has 1 heterocycles. The van der Waals surface area contributed by atoms with Gasteiger partial charge in [0.25, 0.3) is 0 Å². The standard InChI is InChI=1S/C12H12N2O2S/c1-8(15)7-11(16)14-12-13-9-5-3-4-6-10(9)17(12)2/h3-6H,7H2,1-2H3/p+1. The van der Waals surface area contributed by atoms with E-state index < -0.39 is 0 Å². The number of ketones is 1. The molecule has 1 amide bonds. The van der Waals surface area contributed by atoms with E-state index in [4.69, 9.17) is 0 Å². The first kappa shape index (κ1) is 11.7. The van der Waals surface area contributed by atoms with Crippen molar-refractivity contribution in [1.82, 2.24) is 4.98 Å². The van der Waals surface area contributed by atoms with Crippen LogP contribution in [0.5, 0.6) is 0 Å². The first-order valence-electron chi connectivity index (χ1n) is 5.21. The molecule has 0 bridgehead atoms. The third kappa shape index (κ3) is 2.50. The molecular formula is C12H13N2O2S+. The van der Waals surface area contributed by atoms with E-state index in [2.05, 4.69) is 10.3 Å². The smallest absolute Gasteiger partial charge is 0.299 e. The molecule has 17 heavy (non-hydrogen) atoms. The van der Waals surface area contributed by atoms with Crippen LogP contribution in [0.2, 0.25) is 0 Å². The van der Waals surface area contributed by atoms with Gasteiger partial charge in [0.05, 0.1) is 6.42 Å². The molecule has 0 saturated carbocycles. The Hall–Kier alpha value is -1.75. The van der Waals surface area contributed by atoms with Crippen LogP contribution in [0.3, 0.4) is 0 Å². The molecule has 1 unspecified atom stereocenters. The Bertz CT molecular complexity index is 589. The Labute approximate surface area is 102 Å². The average Bonchev–Trinajstić information content (AvgIpc) is 2.55. The Morgan fingerprint density at radius 2 is 2.06 bits per heavy atom. The molecule has 1 N–H and O–H groups in total. The number of anilines is 1. The van der Waals surface area contributed by atoms with Gasteiger partial charge in [-0.25, -0.2) is 0 Å². The molecule has 0 aliphatic heterocycles. The van der Waals surface area contributed by atoms with E-state index in [0.717, 1.165) is 10.2 Å². The first-order chi connectivity index (χ1) is 8.08. The van der Waals surface area contributed by atoms with Crippen molar-refractivity contribution in [2.75, 3.05) is 5.32 Å². The highest BCUT2D eigenvalue weighted by molar-refractivity contribution is 7.38. The van der Waals surface area contributed by atoms with E-state index >= 15 is 0 Å². The maximum absolute atomic E-state index is 11.5. The van der Waals surface area contributed by atoms with E-state index in [9.17, 15) is 9.59 Å². The largest absolute Gasteiger partial charge is 0.347 e. The van der Waals surface area contributed by atoms with Crippen LogP contribution < -0.4 is 5.32 Å². The fourth-order valence-corrected chi connectivity index (χ4v) is 3.01. The summed E-state index contributed by atoms with van der Waals surface area (Å²) in [5, 5.41) is 3.36.